The SMILES string of the molecule is CCOc1ccc(/C=C2/C(=O)NC(=O)N(c3cccc(Br)c3)C2=O)cc1Cl. The molecule has 0 radical (unpaired) electrons. The van der Waals surface area contributed by atoms with Crippen molar-refractivity contribution < 1.29 is 19.1 Å². The Morgan fingerprint density at radius 1 is 1.19 bits per heavy atom. The average Bonchev–Trinajstić information content (AvgIpc) is 2.61. The first kappa shape index (κ1) is 19.1. The number of amides is 4. The minimum Gasteiger partial charge on any atom is -0.492 e. The molecule has 6 nitrogen and oxygen atoms in total. The minimum atomic E-state index is -0.801. The number of carbonyl (C=O) groups is 3. The summed E-state index contributed by atoms with van der Waals surface area (Å²) in [4.78, 5) is 38.1. The number of ether oxygens (including phenoxy) is 1. The molecule has 8 heteroatoms. The Morgan fingerprint density at radius 3 is 2.63 bits per heavy atom. The summed E-state index contributed by atoms with van der Waals surface area (Å²) in [5.74, 6) is -0.972. The van der Waals surface area contributed by atoms with Crippen LogP contribution in [-0.2, 0) is 9.59 Å². The van der Waals surface area contributed by atoms with Crippen LogP contribution in [0.1, 0.15) is 12.5 Å². The maximum absolute atomic E-state index is 12.8. The summed E-state index contributed by atoms with van der Waals surface area (Å²) in [6.07, 6.45) is 1.39. The second kappa shape index (κ2) is 7.94. The third-order valence-corrected chi connectivity index (χ3v) is 4.52. The Labute approximate surface area is 168 Å². The molecule has 2 aromatic carbocycles. The van der Waals surface area contributed by atoms with Crippen LogP contribution in [-0.4, -0.2) is 24.5 Å². The lowest BCUT2D eigenvalue weighted by atomic mass is 10.1. The zero-order valence-electron chi connectivity index (χ0n) is 14.2. The van der Waals surface area contributed by atoms with E-state index in [-0.39, 0.29) is 5.57 Å². The van der Waals surface area contributed by atoms with Gasteiger partial charge in [0.15, 0.2) is 0 Å². The first-order chi connectivity index (χ1) is 12.9. The van der Waals surface area contributed by atoms with E-state index in [2.05, 4.69) is 21.2 Å². The molecule has 0 spiro atoms. The highest BCUT2D eigenvalue weighted by Crippen LogP contribution is 2.28. The number of barbiturate groups is 1. The third kappa shape index (κ3) is 4.04. The summed E-state index contributed by atoms with van der Waals surface area (Å²) in [7, 11) is 0. The lowest BCUT2D eigenvalue weighted by molar-refractivity contribution is -0.122. The fraction of sp³-hybridized carbons (Fsp3) is 0.105. The lowest BCUT2D eigenvalue weighted by Gasteiger charge is -2.26. The Kier molecular flexibility index (Phi) is 5.62. The van der Waals surface area contributed by atoms with Crippen molar-refractivity contribution in [2.45, 2.75) is 6.92 Å². The highest BCUT2D eigenvalue weighted by Gasteiger charge is 2.36. The van der Waals surface area contributed by atoms with Crippen LogP contribution in [0.15, 0.2) is 52.5 Å². The van der Waals surface area contributed by atoms with Gasteiger partial charge in [-0.05, 0) is 48.9 Å². The Hall–Kier alpha value is -2.64. The largest absolute Gasteiger partial charge is 0.492 e. The van der Waals surface area contributed by atoms with Crippen LogP contribution < -0.4 is 15.0 Å². The van der Waals surface area contributed by atoms with Gasteiger partial charge in [0.1, 0.15) is 11.3 Å². The summed E-state index contributed by atoms with van der Waals surface area (Å²) in [5, 5.41) is 2.54. The molecule has 0 unspecified atom stereocenters. The van der Waals surface area contributed by atoms with E-state index in [1.165, 1.54) is 6.08 Å². The quantitative estimate of drug-likeness (QED) is 0.561. The molecule has 0 bridgehead atoms. The highest BCUT2D eigenvalue weighted by molar-refractivity contribution is 9.10. The number of hydrogen-bond donors (Lipinski definition) is 1. The maximum Gasteiger partial charge on any atom is 0.335 e. The van der Waals surface area contributed by atoms with Gasteiger partial charge in [-0.1, -0.05) is 39.7 Å². The zero-order chi connectivity index (χ0) is 19.6. The Balaban J connectivity index is 1.98. The van der Waals surface area contributed by atoms with Crippen LogP contribution in [0, 0.1) is 0 Å². The van der Waals surface area contributed by atoms with Crippen molar-refractivity contribution in [1.82, 2.24) is 5.32 Å². The molecule has 2 aromatic rings. The Morgan fingerprint density at radius 2 is 1.96 bits per heavy atom. The molecule has 0 aromatic heterocycles. The van der Waals surface area contributed by atoms with E-state index in [1.54, 1.807) is 42.5 Å². The van der Waals surface area contributed by atoms with E-state index in [1.807, 2.05) is 6.92 Å². The minimum absolute atomic E-state index is 0.171. The van der Waals surface area contributed by atoms with Crippen molar-refractivity contribution in [2.75, 3.05) is 11.5 Å². The van der Waals surface area contributed by atoms with Crippen LogP contribution in [0.3, 0.4) is 0 Å². The van der Waals surface area contributed by atoms with E-state index in [4.69, 9.17) is 16.3 Å². The topological polar surface area (TPSA) is 75.7 Å². The number of carbonyl (C=O) groups excluding carboxylic acids is 3. The average molecular weight is 450 g/mol. The number of anilines is 1. The van der Waals surface area contributed by atoms with Gasteiger partial charge in [-0.2, -0.15) is 0 Å². The van der Waals surface area contributed by atoms with Gasteiger partial charge in [0.2, 0.25) is 0 Å². The molecular weight excluding hydrogens is 436 g/mol. The number of benzene rings is 2. The van der Waals surface area contributed by atoms with Crippen LogP contribution in [0.4, 0.5) is 10.5 Å². The summed E-state index contributed by atoms with van der Waals surface area (Å²) in [5.41, 5.74) is 0.704. The summed E-state index contributed by atoms with van der Waals surface area (Å²) in [6, 6.07) is 10.8. The van der Waals surface area contributed by atoms with Gasteiger partial charge < -0.3 is 4.74 Å². The molecule has 1 N–H and O–H groups in total. The normalized spacial score (nSPS) is 15.9. The maximum atomic E-state index is 12.8. The molecule has 1 saturated heterocycles. The molecule has 0 atom stereocenters. The van der Waals surface area contributed by atoms with Crippen LogP contribution in [0.2, 0.25) is 5.02 Å². The van der Waals surface area contributed by atoms with Crippen molar-refractivity contribution in [2.24, 2.45) is 0 Å². The molecular formula is C19H14BrClN2O4. The van der Waals surface area contributed by atoms with E-state index in [0.717, 1.165) is 4.90 Å². The lowest BCUT2D eigenvalue weighted by Crippen LogP contribution is -2.54. The smallest absolute Gasteiger partial charge is 0.335 e. The first-order valence-corrected chi connectivity index (χ1v) is 9.17. The fourth-order valence-corrected chi connectivity index (χ4v) is 3.18. The summed E-state index contributed by atoms with van der Waals surface area (Å²) >= 11 is 9.45. The standard InChI is InChI=1S/C19H14BrClN2O4/c1-2-27-16-7-6-11(9-15(16)21)8-14-17(24)22-19(26)23(18(14)25)13-5-3-4-12(20)10-13/h3-10H,2H2,1H3,(H,22,24,26)/b14-8-. The van der Waals surface area contributed by atoms with Crippen LogP contribution >= 0.6 is 27.5 Å². The van der Waals surface area contributed by atoms with Gasteiger partial charge in [-0.25, -0.2) is 9.69 Å². The third-order valence-electron chi connectivity index (χ3n) is 3.73. The molecule has 0 saturated carbocycles. The number of rotatable bonds is 4. The molecule has 3 rings (SSSR count). The van der Waals surface area contributed by atoms with E-state index >= 15 is 0 Å². The van der Waals surface area contributed by atoms with Crippen molar-refractivity contribution in [3.05, 3.63) is 63.1 Å². The van der Waals surface area contributed by atoms with Crippen LogP contribution in [0.5, 0.6) is 5.75 Å². The zero-order valence-corrected chi connectivity index (χ0v) is 16.5. The number of nitrogens with one attached hydrogen (secondary N) is 1. The van der Waals surface area contributed by atoms with Crippen molar-refractivity contribution in [3.8, 4) is 5.75 Å². The molecule has 27 heavy (non-hydrogen) atoms. The van der Waals surface area contributed by atoms with Crippen LogP contribution in [0.25, 0.3) is 6.08 Å². The second-order valence-electron chi connectivity index (χ2n) is 5.56. The van der Waals surface area contributed by atoms with Gasteiger partial charge in [0, 0.05) is 4.47 Å². The van der Waals surface area contributed by atoms with Gasteiger partial charge >= 0.3 is 6.03 Å². The summed E-state index contributed by atoms with van der Waals surface area (Å²) in [6.45, 7) is 2.30. The van der Waals surface area contributed by atoms with Gasteiger partial charge in [-0.3, -0.25) is 14.9 Å². The second-order valence-corrected chi connectivity index (χ2v) is 6.88. The molecule has 1 heterocycles. The Bertz CT molecular complexity index is 974. The molecule has 0 aliphatic carbocycles. The predicted molar refractivity (Wildman–Crippen MR) is 106 cm³/mol. The predicted octanol–water partition coefficient (Wildman–Crippen LogP) is 4.17. The van der Waals surface area contributed by atoms with Crippen molar-refractivity contribution >= 4 is 57.1 Å². The van der Waals surface area contributed by atoms with E-state index < -0.39 is 17.8 Å². The van der Waals surface area contributed by atoms with Gasteiger partial charge in [0.05, 0.1) is 17.3 Å². The molecule has 4 amide bonds. The van der Waals surface area contributed by atoms with Gasteiger partial charge in [0.25, 0.3) is 11.8 Å². The number of imide groups is 2. The highest BCUT2D eigenvalue weighted by atomic mass is 79.9. The number of nitrogens with zero attached hydrogens (tertiary/aromatic N) is 1. The first-order valence-electron chi connectivity index (χ1n) is 8.00. The monoisotopic (exact) mass is 448 g/mol. The van der Waals surface area contributed by atoms with E-state index in [9.17, 15) is 14.4 Å². The molecule has 1 aliphatic rings. The molecule has 1 aliphatic heterocycles. The fourth-order valence-electron chi connectivity index (χ4n) is 2.55. The van der Waals surface area contributed by atoms with E-state index in [0.29, 0.717) is 33.1 Å². The molecule has 1 fully saturated rings. The summed E-state index contributed by atoms with van der Waals surface area (Å²) < 4.78 is 6.06. The number of hydrogen-bond acceptors (Lipinski definition) is 4. The van der Waals surface area contributed by atoms with Crippen molar-refractivity contribution in [1.29, 1.82) is 0 Å². The number of urea groups is 1. The van der Waals surface area contributed by atoms with Gasteiger partial charge in [-0.15, -0.1) is 0 Å². The molecule has 138 valence electrons. The van der Waals surface area contributed by atoms with Crippen molar-refractivity contribution in [3.63, 3.8) is 0 Å². The number of halogens is 2.